The highest BCUT2D eigenvalue weighted by atomic mass is 19.4. The number of nitro benzene ring substituents is 1. The Labute approximate surface area is 154 Å². The Kier molecular flexibility index (Phi) is 5.72. The van der Waals surface area contributed by atoms with Gasteiger partial charge in [0.15, 0.2) is 0 Å². The minimum absolute atomic E-state index is 0.0620. The molecule has 0 heterocycles. The van der Waals surface area contributed by atoms with Gasteiger partial charge in [-0.3, -0.25) is 14.9 Å². The molecule has 0 aliphatic carbocycles. The molecule has 0 atom stereocenters. The summed E-state index contributed by atoms with van der Waals surface area (Å²) in [6.45, 7) is 0.0620. The van der Waals surface area contributed by atoms with Crippen molar-refractivity contribution >= 4 is 17.3 Å². The maximum Gasteiger partial charge on any atom is 0.416 e. The topological polar surface area (TPSA) is 66.7 Å². The first-order chi connectivity index (χ1) is 12.5. The highest BCUT2D eigenvalue weighted by Gasteiger charge is 2.30. The molecule has 0 aliphatic rings. The van der Waals surface area contributed by atoms with Crippen molar-refractivity contribution in [1.82, 2.24) is 4.90 Å². The van der Waals surface area contributed by atoms with Crippen LogP contribution in [0, 0.1) is 10.1 Å². The lowest BCUT2D eigenvalue weighted by atomic mass is 10.1. The van der Waals surface area contributed by atoms with E-state index in [-0.39, 0.29) is 17.8 Å². The van der Waals surface area contributed by atoms with Gasteiger partial charge in [0.1, 0.15) is 0 Å². The minimum Gasteiger partial charge on any atom is -0.377 e. The van der Waals surface area contributed by atoms with Crippen molar-refractivity contribution in [3.63, 3.8) is 0 Å². The first-order valence-corrected chi connectivity index (χ1v) is 7.88. The monoisotopic (exact) mass is 381 g/mol. The molecular formula is C18H18F3N3O3. The number of hydrogen-bond acceptors (Lipinski definition) is 4. The molecule has 0 aromatic heterocycles. The molecule has 2 aromatic rings. The normalized spacial score (nSPS) is 11.2. The second-order valence-corrected chi connectivity index (χ2v) is 6.21. The van der Waals surface area contributed by atoms with Crippen LogP contribution in [0.15, 0.2) is 42.5 Å². The summed E-state index contributed by atoms with van der Waals surface area (Å²) in [5.74, 6) is -0.470. The molecule has 0 saturated carbocycles. The summed E-state index contributed by atoms with van der Waals surface area (Å²) >= 11 is 0. The minimum atomic E-state index is -4.43. The van der Waals surface area contributed by atoms with E-state index in [0.29, 0.717) is 11.3 Å². The Balaban J connectivity index is 2.26. The quantitative estimate of drug-likeness (QED) is 0.581. The van der Waals surface area contributed by atoms with Gasteiger partial charge in [-0.2, -0.15) is 13.2 Å². The summed E-state index contributed by atoms with van der Waals surface area (Å²) in [5, 5.41) is 11.0. The number of carbonyl (C=O) groups excluding carboxylic acids is 1. The predicted molar refractivity (Wildman–Crippen MR) is 94.7 cm³/mol. The largest absolute Gasteiger partial charge is 0.416 e. The van der Waals surface area contributed by atoms with Gasteiger partial charge >= 0.3 is 6.18 Å². The maximum atomic E-state index is 12.8. The number of non-ortho nitro benzene ring substituents is 1. The first-order valence-electron chi connectivity index (χ1n) is 7.88. The number of hydrogen-bond donors (Lipinski definition) is 0. The molecule has 1 amide bonds. The number of nitrogens with zero attached hydrogens (tertiary/aromatic N) is 3. The average Bonchev–Trinajstić information content (AvgIpc) is 2.60. The summed E-state index contributed by atoms with van der Waals surface area (Å²) in [7, 11) is 4.89. The number of amides is 1. The van der Waals surface area contributed by atoms with Crippen LogP contribution in [0.4, 0.5) is 24.5 Å². The van der Waals surface area contributed by atoms with Gasteiger partial charge in [0.2, 0.25) is 0 Å². The van der Waals surface area contributed by atoms with Crippen LogP contribution in [-0.2, 0) is 12.7 Å². The summed E-state index contributed by atoms with van der Waals surface area (Å²) < 4.78 is 37.9. The molecule has 9 heteroatoms. The van der Waals surface area contributed by atoms with Crippen molar-refractivity contribution in [2.24, 2.45) is 0 Å². The van der Waals surface area contributed by atoms with E-state index in [1.807, 2.05) is 0 Å². The van der Waals surface area contributed by atoms with Crippen molar-refractivity contribution in [3.8, 4) is 0 Å². The van der Waals surface area contributed by atoms with Gasteiger partial charge in [-0.1, -0.05) is 12.1 Å². The van der Waals surface area contributed by atoms with Gasteiger partial charge in [0, 0.05) is 45.5 Å². The smallest absolute Gasteiger partial charge is 0.377 e. The molecule has 6 nitrogen and oxygen atoms in total. The van der Waals surface area contributed by atoms with E-state index in [9.17, 15) is 28.1 Å². The molecule has 0 spiro atoms. The van der Waals surface area contributed by atoms with Gasteiger partial charge in [-0.25, -0.2) is 0 Å². The number of carbonyl (C=O) groups is 1. The SMILES string of the molecule is CN(Cc1ccc(C(F)(F)F)cc1)C(=O)c1cc([N+](=O)[O-])ccc1N(C)C. The summed E-state index contributed by atoms with van der Waals surface area (Å²) in [4.78, 5) is 26.1. The number of alkyl halides is 3. The van der Waals surface area contributed by atoms with Crippen molar-refractivity contribution in [2.45, 2.75) is 12.7 Å². The molecule has 27 heavy (non-hydrogen) atoms. The van der Waals surface area contributed by atoms with Crippen LogP contribution in [-0.4, -0.2) is 36.9 Å². The van der Waals surface area contributed by atoms with Gasteiger partial charge in [0.25, 0.3) is 11.6 Å². The van der Waals surface area contributed by atoms with Gasteiger partial charge in [-0.15, -0.1) is 0 Å². The third kappa shape index (κ3) is 4.75. The molecule has 2 aromatic carbocycles. The summed E-state index contributed by atoms with van der Waals surface area (Å²) in [6, 6.07) is 8.48. The highest BCUT2D eigenvalue weighted by molar-refractivity contribution is 6.00. The van der Waals surface area contributed by atoms with E-state index in [4.69, 9.17) is 0 Å². The van der Waals surface area contributed by atoms with E-state index in [2.05, 4.69) is 0 Å². The third-order valence-corrected chi connectivity index (χ3v) is 3.95. The fourth-order valence-corrected chi connectivity index (χ4v) is 2.55. The van der Waals surface area contributed by atoms with Crippen LogP contribution < -0.4 is 4.90 Å². The van der Waals surface area contributed by atoms with E-state index in [0.717, 1.165) is 12.1 Å². The van der Waals surface area contributed by atoms with Crippen molar-refractivity contribution in [2.75, 3.05) is 26.0 Å². The van der Waals surface area contributed by atoms with E-state index >= 15 is 0 Å². The Morgan fingerprint density at radius 2 is 1.67 bits per heavy atom. The van der Waals surface area contributed by atoms with E-state index in [1.165, 1.54) is 42.3 Å². The standard InChI is InChI=1S/C18H18F3N3O3/c1-22(2)16-9-8-14(24(26)27)10-15(16)17(25)23(3)11-12-4-6-13(7-5-12)18(19,20)21/h4-10H,11H2,1-3H3. The Morgan fingerprint density at radius 3 is 2.15 bits per heavy atom. The van der Waals surface area contributed by atoms with Crippen LogP contribution in [0.1, 0.15) is 21.5 Å². The lowest BCUT2D eigenvalue weighted by Gasteiger charge is -2.22. The zero-order chi connectivity index (χ0) is 20.4. The molecule has 0 unspecified atom stereocenters. The Morgan fingerprint density at radius 1 is 1.07 bits per heavy atom. The van der Waals surface area contributed by atoms with E-state index in [1.54, 1.807) is 19.0 Å². The number of nitro groups is 1. The van der Waals surface area contributed by atoms with Crippen LogP contribution in [0.5, 0.6) is 0 Å². The van der Waals surface area contributed by atoms with Gasteiger partial charge < -0.3 is 9.80 Å². The third-order valence-electron chi connectivity index (χ3n) is 3.95. The lowest BCUT2D eigenvalue weighted by Crippen LogP contribution is -2.28. The van der Waals surface area contributed by atoms with Crippen LogP contribution in [0.3, 0.4) is 0 Å². The number of anilines is 1. The lowest BCUT2D eigenvalue weighted by molar-refractivity contribution is -0.384. The summed E-state index contributed by atoms with van der Waals surface area (Å²) in [6.07, 6.45) is -4.43. The average molecular weight is 381 g/mol. The summed E-state index contributed by atoms with van der Waals surface area (Å²) in [5.41, 5.74) is 0.171. The zero-order valence-electron chi connectivity index (χ0n) is 14.9. The molecular weight excluding hydrogens is 363 g/mol. The van der Waals surface area contributed by atoms with Crippen molar-refractivity contribution in [3.05, 3.63) is 69.3 Å². The first kappa shape index (κ1) is 20.2. The van der Waals surface area contributed by atoms with Gasteiger partial charge in [0.05, 0.1) is 16.1 Å². The molecule has 144 valence electrons. The molecule has 0 aliphatic heterocycles. The molecule has 0 radical (unpaired) electrons. The Bertz CT molecular complexity index is 849. The molecule has 0 N–H and O–H groups in total. The van der Waals surface area contributed by atoms with Crippen molar-refractivity contribution in [1.29, 1.82) is 0 Å². The van der Waals surface area contributed by atoms with Crippen LogP contribution in [0.25, 0.3) is 0 Å². The predicted octanol–water partition coefficient (Wildman–Crippen LogP) is 3.95. The van der Waals surface area contributed by atoms with Gasteiger partial charge in [-0.05, 0) is 23.8 Å². The fourth-order valence-electron chi connectivity index (χ4n) is 2.55. The maximum absolute atomic E-state index is 12.8. The molecule has 2 rings (SSSR count). The van der Waals surface area contributed by atoms with Crippen LogP contribution in [0.2, 0.25) is 0 Å². The molecule has 0 bridgehead atoms. The second kappa shape index (κ2) is 7.65. The fraction of sp³-hybridized carbons (Fsp3) is 0.278. The highest BCUT2D eigenvalue weighted by Crippen LogP contribution is 2.29. The van der Waals surface area contributed by atoms with E-state index < -0.39 is 22.6 Å². The van der Waals surface area contributed by atoms with Crippen molar-refractivity contribution < 1.29 is 22.9 Å². The molecule has 0 fully saturated rings. The number of rotatable bonds is 5. The van der Waals surface area contributed by atoms with Crippen LogP contribution >= 0.6 is 0 Å². The zero-order valence-corrected chi connectivity index (χ0v) is 14.9. The Hall–Kier alpha value is -3.10. The second-order valence-electron chi connectivity index (χ2n) is 6.21. The number of benzene rings is 2. The molecule has 0 saturated heterocycles. The number of halogens is 3.